The number of nitrogens with zero attached hydrogens (tertiary/aromatic N) is 1. The largest absolute Gasteiger partial charge is 0.365 e. The summed E-state index contributed by atoms with van der Waals surface area (Å²) in [5.74, 6) is 0. The maximum atomic E-state index is 4.39. The first-order valence-corrected chi connectivity index (χ1v) is 5.38. The highest BCUT2D eigenvalue weighted by molar-refractivity contribution is 7.14. The summed E-state index contributed by atoms with van der Waals surface area (Å²) in [5.41, 5.74) is 2.27. The van der Waals surface area contributed by atoms with Gasteiger partial charge in [0.1, 0.15) is 0 Å². The maximum Gasteiger partial charge on any atom is 0.182 e. The summed E-state index contributed by atoms with van der Waals surface area (Å²) in [6.45, 7) is 0. The van der Waals surface area contributed by atoms with Crippen molar-refractivity contribution >= 4 is 27.8 Å². The molecule has 0 bridgehead atoms. The van der Waals surface area contributed by atoms with E-state index in [9.17, 15) is 0 Å². The molecule has 12 heavy (non-hydrogen) atoms. The molecule has 2 rings (SSSR count). The first-order chi connectivity index (χ1) is 5.90. The summed E-state index contributed by atoms with van der Waals surface area (Å²) in [4.78, 5) is 4.39. The Balaban J connectivity index is 2.35. The molecule has 0 unspecified atom stereocenters. The Morgan fingerprint density at radius 2 is 2.33 bits per heavy atom. The van der Waals surface area contributed by atoms with Crippen LogP contribution in [0.4, 0.5) is 5.13 Å². The summed E-state index contributed by atoms with van der Waals surface area (Å²) in [6.07, 6.45) is 0. The summed E-state index contributed by atoms with van der Waals surface area (Å²) in [5, 5.41) is 10.2. The van der Waals surface area contributed by atoms with Crippen LogP contribution >= 0.6 is 22.7 Å². The Hall–Kier alpha value is -0.870. The van der Waals surface area contributed by atoms with Gasteiger partial charge in [0.25, 0.3) is 0 Å². The lowest BCUT2D eigenvalue weighted by Crippen LogP contribution is -1.85. The molecular formula is C8H8N2S2. The highest BCUT2D eigenvalue weighted by Crippen LogP contribution is 2.25. The average Bonchev–Trinajstić information content (AvgIpc) is 2.75. The van der Waals surface area contributed by atoms with E-state index in [2.05, 4.69) is 32.5 Å². The van der Waals surface area contributed by atoms with Gasteiger partial charge >= 0.3 is 0 Å². The second kappa shape index (κ2) is 3.25. The zero-order valence-electron chi connectivity index (χ0n) is 6.57. The summed E-state index contributed by atoms with van der Waals surface area (Å²) in [7, 11) is 1.89. The molecule has 62 valence electrons. The maximum absolute atomic E-state index is 4.39. The van der Waals surface area contributed by atoms with Gasteiger partial charge in [0.15, 0.2) is 5.13 Å². The van der Waals surface area contributed by atoms with Gasteiger partial charge in [-0.2, -0.15) is 11.3 Å². The van der Waals surface area contributed by atoms with Crippen molar-refractivity contribution in [1.82, 2.24) is 4.98 Å². The highest BCUT2D eigenvalue weighted by Gasteiger charge is 2.02. The van der Waals surface area contributed by atoms with Crippen LogP contribution in [0, 0.1) is 0 Å². The van der Waals surface area contributed by atoms with Crippen LogP contribution in [-0.4, -0.2) is 12.0 Å². The molecule has 0 fully saturated rings. The predicted molar refractivity (Wildman–Crippen MR) is 55.0 cm³/mol. The van der Waals surface area contributed by atoms with Gasteiger partial charge < -0.3 is 5.32 Å². The molecule has 0 spiro atoms. The minimum absolute atomic E-state index is 0.969. The molecule has 0 aromatic carbocycles. The molecule has 2 aromatic rings. The van der Waals surface area contributed by atoms with Gasteiger partial charge in [0.2, 0.25) is 0 Å². The molecule has 0 saturated heterocycles. The second-order valence-corrected chi connectivity index (χ2v) is 3.94. The van der Waals surface area contributed by atoms with Crippen LogP contribution < -0.4 is 5.32 Å². The van der Waals surface area contributed by atoms with Crippen LogP contribution in [-0.2, 0) is 0 Å². The van der Waals surface area contributed by atoms with Crippen molar-refractivity contribution in [3.63, 3.8) is 0 Å². The molecule has 0 aliphatic rings. The molecular weight excluding hydrogens is 188 g/mol. The Morgan fingerprint density at radius 1 is 1.42 bits per heavy atom. The number of thiophene rings is 1. The Labute approximate surface area is 78.9 Å². The fourth-order valence-electron chi connectivity index (χ4n) is 0.931. The lowest BCUT2D eigenvalue weighted by atomic mass is 10.3. The van der Waals surface area contributed by atoms with E-state index in [1.807, 2.05) is 7.05 Å². The summed E-state index contributed by atoms with van der Waals surface area (Å²) < 4.78 is 0. The van der Waals surface area contributed by atoms with Gasteiger partial charge in [0.05, 0.1) is 5.69 Å². The molecule has 0 atom stereocenters. The lowest BCUT2D eigenvalue weighted by Gasteiger charge is -1.89. The summed E-state index contributed by atoms with van der Waals surface area (Å²) >= 11 is 3.33. The van der Waals surface area contributed by atoms with Crippen molar-refractivity contribution in [2.24, 2.45) is 0 Å². The second-order valence-electron chi connectivity index (χ2n) is 2.30. The van der Waals surface area contributed by atoms with Crippen LogP contribution in [0.1, 0.15) is 0 Å². The third-order valence-electron chi connectivity index (χ3n) is 1.53. The monoisotopic (exact) mass is 196 g/mol. The first-order valence-electron chi connectivity index (χ1n) is 3.56. The van der Waals surface area contributed by atoms with Gasteiger partial charge in [-0.3, -0.25) is 0 Å². The number of hydrogen-bond donors (Lipinski definition) is 1. The smallest absolute Gasteiger partial charge is 0.182 e. The van der Waals surface area contributed by atoms with E-state index in [0.29, 0.717) is 0 Å². The minimum Gasteiger partial charge on any atom is -0.365 e. The van der Waals surface area contributed by atoms with E-state index >= 15 is 0 Å². The van der Waals surface area contributed by atoms with Crippen molar-refractivity contribution in [1.29, 1.82) is 0 Å². The standard InChI is InChI=1S/C8H8N2S2/c1-9-8-10-7(5-12-8)6-2-3-11-4-6/h2-5H,1H3,(H,9,10). The van der Waals surface area contributed by atoms with E-state index < -0.39 is 0 Å². The van der Waals surface area contributed by atoms with Gasteiger partial charge in [-0.15, -0.1) is 11.3 Å². The minimum atomic E-state index is 0.969. The quantitative estimate of drug-likeness (QED) is 0.798. The van der Waals surface area contributed by atoms with Crippen LogP contribution in [0.25, 0.3) is 11.3 Å². The molecule has 0 radical (unpaired) electrons. The molecule has 2 heterocycles. The van der Waals surface area contributed by atoms with E-state index in [1.165, 1.54) is 5.56 Å². The first kappa shape index (κ1) is 7.76. The third kappa shape index (κ3) is 1.35. The van der Waals surface area contributed by atoms with Gasteiger partial charge in [0, 0.05) is 23.4 Å². The molecule has 2 nitrogen and oxygen atoms in total. The molecule has 0 amide bonds. The zero-order valence-corrected chi connectivity index (χ0v) is 8.21. The fourth-order valence-corrected chi connectivity index (χ4v) is 2.26. The molecule has 1 N–H and O–H groups in total. The van der Waals surface area contributed by atoms with Gasteiger partial charge in [-0.1, -0.05) is 0 Å². The van der Waals surface area contributed by atoms with Crippen molar-refractivity contribution in [3.05, 3.63) is 22.2 Å². The summed E-state index contributed by atoms with van der Waals surface area (Å²) in [6, 6.07) is 2.08. The van der Waals surface area contributed by atoms with Gasteiger partial charge in [-0.05, 0) is 11.4 Å². The van der Waals surface area contributed by atoms with Crippen molar-refractivity contribution < 1.29 is 0 Å². The number of nitrogens with one attached hydrogen (secondary N) is 1. The fraction of sp³-hybridized carbons (Fsp3) is 0.125. The van der Waals surface area contributed by atoms with E-state index in [1.54, 1.807) is 22.7 Å². The van der Waals surface area contributed by atoms with Crippen LogP contribution in [0.3, 0.4) is 0 Å². The van der Waals surface area contributed by atoms with E-state index in [-0.39, 0.29) is 0 Å². The third-order valence-corrected chi connectivity index (χ3v) is 3.08. The topological polar surface area (TPSA) is 24.9 Å². The predicted octanol–water partition coefficient (Wildman–Crippen LogP) is 2.91. The molecule has 0 aliphatic heterocycles. The Morgan fingerprint density at radius 3 is 2.92 bits per heavy atom. The zero-order chi connectivity index (χ0) is 8.39. The number of thiazole rings is 1. The van der Waals surface area contributed by atoms with E-state index in [0.717, 1.165) is 10.8 Å². The van der Waals surface area contributed by atoms with Gasteiger partial charge in [-0.25, -0.2) is 4.98 Å². The molecule has 4 heteroatoms. The number of rotatable bonds is 2. The lowest BCUT2D eigenvalue weighted by molar-refractivity contribution is 1.37. The Bertz CT molecular complexity index is 351. The Kier molecular flexibility index (Phi) is 2.10. The number of aromatic nitrogens is 1. The average molecular weight is 196 g/mol. The SMILES string of the molecule is CNc1nc(-c2ccsc2)cs1. The molecule has 0 saturated carbocycles. The van der Waals surface area contributed by atoms with Crippen LogP contribution in [0.5, 0.6) is 0 Å². The van der Waals surface area contributed by atoms with Crippen molar-refractivity contribution in [3.8, 4) is 11.3 Å². The molecule has 0 aliphatic carbocycles. The van der Waals surface area contributed by atoms with Crippen LogP contribution in [0.15, 0.2) is 22.2 Å². The highest BCUT2D eigenvalue weighted by atomic mass is 32.1. The van der Waals surface area contributed by atoms with Crippen molar-refractivity contribution in [2.75, 3.05) is 12.4 Å². The van der Waals surface area contributed by atoms with E-state index in [4.69, 9.17) is 0 Å². The van der Waals surface area contributed by atoms with Crippen LogP contribution in [0.2, 0.25) is 0 Å². The normalized spacial score (nSPS) is 10.1. The number of hydrogen-bond acceptors (Lipinski definition) is 4. The number of anilines is 1. The van der Waals surface area contributed by atoms with Crippen molar-refractivity contribution in [2.45, 2.75) is 0 Å². The molecule has 2 aromatic heterocycles.